The van der Waals surface area contributed by atoms with E-state index in [-0.39, 0.29) is 0 Å². The van der Waals surface area contributed by atoms with E-state index in [0.717, 1.165) is 39.9 Å². The predicted octanol–water partition coefficient (Wildman–Crippen LogP) is 5.43. The highest BCUT2D eigenvalue weighted by molar-refractivity contribution is 7.71. The summed E-state index contributed by atoms with van der Waals surface area (Å²) in [6, 6.07) is 20.5. The first kappa shape index (κ1) is 19.1. The number of H-pyrrole nitrogens is 1. The second-order valence-electron chi connectivity index (χ2n) is 6.77. The van der Waals surface area contributed by atoms with Crippen LogP contribution in [0.3, 0.4) is 0 Å². The number of fused-ring (bicyclic) bond motifs is 1. The Morgan fingerprint density at radius 2 is 1.90 bits per heavy atom. The summed E-state index contributed by atoms with van der Waals surface area (Å²) in [6.45, 7) is 4.61. The van der Waals surface area contributed by atoms with Crippen LogP contribution in [0, 0.1) is 11.7 Å². The van der Waals surface area contributed by atoms with Crippen LogP contribution in [0.1, 0.15) is 29.4 Å². The lowest BCUT2D eigenvalue weighted by Crippen LogP contribution is -2.02. The Morgan fingerprint density at radius 1 is 1.10 bits per heavy atom. The Bertz CT molecular complexity index is 1240. The summed E-state index contributed by atoms with van der Waals surface area (Å²) in [5, 5.41) is 13.8. The van der Waals surface area contributed by atoms with Crippen molar-refractivity contribution in [1.82, 2.24) is 14.9 Å². The first-order valence-corrected chi connectivity index (χ1v) is 9.98. The molecular weight excluding hydrogens is 380 g/mol. The molecule has 0 aliphatic carbocycles. The first-order valence-electron chi connectivity index (χ1n) is 9.57. The van der Waals surface area contributed by atoms with Crippen molar-refractivity contribution in [2.45, 2.75) is 26.9 Å². The van der Waals surface area contributed by atoms with Crippen LogP contribution >= 0.6 is 12.2 Å². The number of aromatic nitrogens is 3. The van der Waals surface area contributed by atoms with Gasteiger partial charge < -0.3 is 4.74 Å². The number of aromatic amines is 1. The molecular formula is C23H22N4OS. The number of nitrogens with one attached hydrogen (secondary N) is 1. The zero-order chi connectivity index (χ0) is 20.2. The Labute approximate surface area is 174 Å². The molecule has 5 nitrogen and oxygen atoms in total. The summed E-state index contributed by atoms with van der Waals surface area (Å²) in [5.41, 5.74) is 3.29. The van der Waals surface area contributed by atoms with Gasteiger partial charge in [-0.15, -0.1) is 0 Å². The third-order valence-corrected chi connectivity index (χ3v) is 5.18. The summed E-state index contributed by atoms with van der Waals surface area (Å²) in [7, 11) is 0. The van der Waals surface area contributed by atoms with Gasteiger partial charge in [-0.25, -0.2) is 0 Å². The third-order valence-electron chi connectivity index (χ3n) is 4.91. The minimum absolute atomic E-state index is 0.473. The van der Waals surface area contributed by atoms with Crippen LogP contribution in [0.4, 0.5) is 0 Å². The molecule has 0 aliphatic rings. The molecule has 1 heterocycles. The normalized spacial score (nSPS) is 11.4. The lowest BCUT2D eigenvalue weighted by Gasteiger charge is -2.13. The molecule has 0 saturated carbocycles. The van der Waals surface area contributed by atoms with Crippen LogP contribution in [0.15, 0.2) is 65.8 Å². The van der Waals surface area contributed by atoms with Crippen molar-refractivity contribution in [2.75, 3.05) is 0 Å². The van der Waals surface area contributed by atoms with Crippen LogP contribution in [0.5, 0.6) is 5.75 Å². The summed E-state index contributed by atoms with van der Waals surface area (Å²) in [5.74, 6) is 1.57. The number of aryl methyl sites for hydroxylation is 2. The standard InChI is InChI=1S/C23H22N4OS/c1-3-22-25-26-23(29)27(22)24-14-20-19-11-7-6-9-17(19)12-13-21(20)28-15-18-10-5-4-8-16(18)2/h4-14H,3,15H2,1-2H3,(H,26,29)/b24-14+. The van der Waals surface area contributed by atoms with Crippen molar-refractivity contribution >= 4 is 29.2 Å². The van der Waals surface area contributed by atoms with Gasteiger partial charge in [0.05, 0.1) is 6.21 Å². The van der Waals surface area contributed by atoms with E-state index >= 15 is 0 Å². The van der Waals surface area contributed by atoms with Crippen LogP contribution < -0.4 is 4.74 Å². The van der Waals surface area contributed by atoms with E-state index in [9.17, 15) is 0 Å². The Hall–Kier alpha value is -3.25. The molecule has 0 unspecified atom stereocenters. The van der Waals surface area contributed by atoms with Crippen LogP contribution in [0.25, 0.3) is 10.8 Å². The van der Waals surface area contributed by atoms with Gasteiger partial charge in [0.1, 0.15) is 12.4 Å². The van der Waals surface area contributed by atoms with E-state index in [0.29, 0.717) is 11.4 Å². The van der Waals surface area contributed by atoms with Crippen molar-refractivity contribution in [3.05, 3.63) is 87.9 Å². The number of nitrogens with zero attached hydrogens (tertiary/aromatic N) is 3. The summed E-state index contributed by atoms with van der Waals surface area (Å²) >= 11 is 5.31. The zero-order valence-corrected chi connectivity index (χ0v) is 17.2. The van der Waals surface area contributed by atoms with E-state index in [1.165, 1.54) is 5.56 Å². The third kappa shape index (κ3) is 3.98. The van der Waals surface area contributed by atoms with Gasteiger partial charge >= 0.3 is 0 Å². The lowest BCUT2D eigenvalue weighted by molar-refractivity contribution is 0.305. The van der Waals surface area contributed by atoms with Crippen molar-refractivity contribution in [3.8, 4) is 5.75 Å². The van der Waals surface area contributed by atoms with Gasteiger partial charge in [-0.3, -0.25) is 5.10 Å². The molecule has 0 atom stereocenters. The molecule has 29 heavy (non-hydrogen) atoms. The van der Waals surface area contributed by atoms with E-state index in [1.54, 1.807) is 10.9 Å². The topological polar surface area (TPSA) is 55.2 Å². The van der Waals surface area contributed by atoms with Gasteiger partial charge in [-0.2, -0.15) is 14.9 Å². The van der Waals surface area contributed by atoms with Crippen LogP contribution in [-0.4, -0.2) is 21.1 Å². The number of rotatable bonds is 6. The molecule has 1 N–H and O–H groups in total. The SMILES string of the molecule is CCc1n[nH]c(=S)n1/N=C/c1c(OCc2ccccc2C)ccc2ccccc12. The van der Waals surface area contributed by atoms with Crippen molar-refractivity contribution in [2.24, 2.45) is 5.10 Å². The Balaban J connectivity index is 1.75. The molecule has 0 radical (unpaired) electrons. The fourth-order valence-corrected chi connectivity index (χ4v) is 3.45. The van der Waals surface area contributed by atoms with Crippen molar-refractivity contribution < 1.29 is 4.74 Å². The molecule has 0 spiro atoms. The molecule has 4 aromatic rings. The molecule has 3 aromatic carbocycles. The van der Waals surface area contributed by atoms with Gasteiger partial charge in [0.15, 0.2) is 5.82 Å². The van der Waals surface area contributed by atoms with Gasteiger partial charge in [0, 0.05) is 12.0 Å². The molecule has 0 fully saturated rings. The van der Waals surface area contributed by atoms with E-state index in [1.807, 2.05) is 37.3 Å². The highest BCUT2D eigenvalue weighted by Gasteiger charge is 2.09. The fourth-order valence-electron chi connectivity index (χ4n) is 3.25. The minimum Gasteiger partial charge on any atom is -0.488 e. The highest BCUT2D eigenvalue weighted by Crippen LogP contribution is 2.28. The Morgan fingerprint density at radius 3 is 2.72 bits per heavy atom. The number of hydrogen-bond donors (Lipinski definition) is 1. The minimum atomic E-state index is 0.473. The quantitative estimate of drug-likeness (QED) is 0.346. The molecule has 6 heteroatoms. The molecule has 0 aliphatic heterocycles. The number of ether oxygens (including phenoxy) is 1. The predicted molar refractivity (Wildman–Crippen MR) is 119 cm³/mol. The summed E-state index contributed by atoms with van der Waals surface area (Å²) in [6.07, 6.45) is 2.54. The number of benzene rings is 3. The summed E-state index contributed by atoms with van der Waals surface area (Å²) in [4.78, 5) is 0. The average molecular weight is 403 g/mol. The fraction of sp³-hybridized carbons (Fsp3) is 0.174. The molecule has 0 bridgehead atoms. The zero-order valence-electron chi connectivity index (χ0n) is 16.4. The van der Waals surface area contributed by atoms with E-state index in [2.05, 4.69) is 52.6 Å². The summed E-state index contributed by atoms with van der Waals surface area (Å²) < 4.78 is 8.35. The molecule has 1 aromatic heterocycles. The monoisotopic (exact) mass is 402 g/mol. The number of hydrogen-bond acceptors (Lipinski definition) is 4. The highest BCUT2D eigenvalue weighted by atomic mass is 32.1. The average Bonchev–Trinajstić information content (AvgIpc) is 3.11. The molecule has 0 amide bonds. The van der Waals surface area contributed by atoms with Gasteiger partial charge in [-0.05, 0) is 47.1 Å². The van der Waals surface area contributed by atoms with Gasteiger partial charge in [0.25, 0.3) is 0 Å². The molecule has 0 saturated heterocycles. The lowest BCUT2D eigenvalue weighted by atomic mass is 10.0. The smallest absolute Gasteiger partial charge is 0.216 e. The molecule has 146 valence electrons. The van der Waals surface area contributed by atoms with Crippen molar-refractivity contribution in [1.29, 1.82) is 0 Å². The van der Waals surface area contributed by atoms with Crippen LogP contribution in [0.2, 0.25) is 0 Å². The van der Waals surface area contributed by atoms with Gasteiger partial charge in [0.2, 0.25) is 4.77 Å². The largest absolute Gasteiger partial charge is 0.488 e. The Kier molecular flexibility index (Phi) is 5.53. The first-order chi connectivity index (χ1) is 14.2. The maximum absolute atomic E-state index is 6.22. The maximum atomic E-state index is 6.22. The van der Waals surface area contributed by atoms with Crippen molar-refractivity contribution in [3.63, 3.8) is 0 Å². The molecule has 4 rings (SSSR count). The van der Waals surface area contributed by atoms with E-state index < -0.39 is 0 Å². The second-order valence-corrected chi connectivity index (χ2v) is 7.16. The van der Waals surface area contributed by atoms with E-state index in [4.69, 9.17) is 17.0 Å². The van der Waals surface area contributed by atoms with Gasteiger partial charge in [-0.1, -0.05) is 61.5 Å². The maximum Gasteiger partial charge on any atom is 0.216 e. The second kappa shape index (κ2) is 8.41. The van der Waals surface area contributed by atoms with Crippen LogP contribution in [-0.2, 0) is 13.0 Å².